The minimum atomic E-state index is 0.931. The van der Waals surface area contributed by atoms with E-state index in [1.54, 1.807) is 7.11 Å². The molecule has 1 aliphatic rings. The summed E-state index contributed by atoms with van der Waals surface area (Å²) in [6.07, 6.45) is 8.12. The normalized spacial score (nSPS) is 17.8. The van der Waals surface area contributed by atoms with Gasteiger partial charge in [-0.3, -0.25) is 0 Å². The molecular formula is C13H28N2O. The van der Waals surface area contributed by atoms with Crippen molar-refractivity contribution in [1.29, 1.82) is 0 Å². The second-order valence-electron chi connectivity index (χ2n) is 4.71. The average Bonchev–Trinajstić information content (AvgIpc) is 2.34. The third-order valence-electron chi connectivity index (χ3n) is 3.28. The molecule has 3 nitrogen and oxygen atoms in total. The van der Waals surface area contributed by atoms with Crippen molar-refractivity contribution in [3.05, 3.63) is 0 Å². The van der Waals surface area contributed by atoms with Crippen LogP contribution in [0.25, 0.3) is 0 Å². The molecule has 1 heterocycles. The van der Waals surface area contributed by atoms with E-state index in [1.165, 1.54) is 71.2 Å². The van der Waals surface area contributed by atoms with E-state index in [0.29, 0.717) is 0 Å². The summed E-state index contributed by atoms with van der Waals surface area (Å²) in [4.78, 5) is 2.58. The molecule has 0 radical (unpaired) electrons. The van der Waals surface area contributed by atoms with E-state index in [9.17, 15) is 0 Å². The number of hydrogen-bond donors (Lipinski definition) is 1. The minimum Gasteiger partial charge on any atom is -0.385 e. The quantitative estimate of drug-likeness (QED) is 0.610. The molecule has 1 fully saturated rings. The highest BCUT2D eigenvalue weighted by Crippen LogP contribution is 2.06. The van der Waals surface area contributed by atoms with Crippen molar-refractivity contribution in [3.63, 3.8) is 0 Å². The Morgan fingerprint density at radius 2 is 1.56 bits per heavy atom. The monoisotopic (exact) mass is 228 g/mol. The topological polar surface area (TPSA) is 24.5 Å². The Balaban J connectivity index is 1.77. The van der Waals surface area contributed by atoms with Crippen molar-refractivity contribution in [2.24, 2.45) is 0 Å². The molecule has 0 spiro atoms. The Kier molecular flexibility index (Phi) is 8.77. The molecule has 1 rings (SSSR count). The van der Waals surface area contributed by atoms with Gasteiger partial charge in [-0.15, -0.1) is 0 Å². The molecule has 0 aromatic carbocycles. The molecule has 0 bridgehead atoms. The van der Waals surface area contributed by atoms with Gasteiger partial charge in [-0.25, -0.2) is 0 Å². The summed E-state index contributed by atoms with van der Waals surface area (Å²) in [5.74, 6) is 0. The number of ether oxygens (including phenoxy) is 1. The second kappa shape index (κ2) is 10.1. The van der Waals surface area contributed by atoms with Crippen molar-refractivity contribution in [3.8, 4) is 0 Å². The van der Waals surface area contributed by atoms with Gasteiger partial charge in [0.1, 0.15) is 0 Å². The fourth-order valence-electron chi connectivity index (χ4n) is 2.22. The van der Waals surface area contributed by atoms with Gasteiger partial charge in [-0.2, -0.15) is 0 Å². The first-order valence-corrected chi connectivity index (χ1v) is 6.85. The number of rotatable bonds is 9. The molecular weight excluding hydrogens is 200 g/mol. The fraction of sp³-hybridized carbons (Fsp3) is 1.00. The molecule has 16 heavy (non-hydrogen) atoms. The molecule has 1 aliphatic heterocycles. The summed E-state index contributed by atoms with van der Waals surface area (Å²) < 4.78 is 5.04. The van der Waals surface area contributed by atoms with Gasteiger partial charge in [0.05, 0.1) is 0 Å². The Labute approximate surface area is 101 Å². The summed E-state index contributed by atoms with van der Waals surface area (Å²) in [6.45, 7) is 7.08. The van der Waals surface area contributed by atoms with Gasteiger partial charge in [0.15, 0.2) is 0 Å². The highest BCUT2D eigenvalue weighted by molar-refractivity contribution is 4.67. The lowest BCUT2D eigenvalue weighted by Gasteiger charge is -2.27. The molecule has 0 amide bonds. The predicted octanol–water partition coefficient (Wildman–Crippen LogP) is 1.88. The molecule has 96 valence electrons. The van der Waals surface area contributed by atoms with E-state index in [0.717, 1.165) is 6.61 Å². The summed E-state index contributed by atoms with van der Waals surface area (Å²) in [7, 11) is 1.79. The number of piperazine rings is 1. The summed E-state index contributed by atoms with van der Waals surface area (Å²) in [6, 6.07) is 0. The second-order valence-corrected chi connectivity index (χ2v) is 4.71. The molecule has 0 aromatic rings. The maximum Gasteiger partial charge on any atom is 0.0462 e. The summed E-state index contributed by atoms with van der Waals surface area (Å²) in [5, 5.41) is 3.39. The van der Waals surface area contributed by atoms with E-state index >= 15 is 0 Å². The smallest absolute Gasteiger partial charge is 0.0462 e. The van der Waals surface area contributed by atoms with Gasteiger partial charge in [0.2, 0.25) is 0 Å². The average molecular weight is 228 g/mol. The maximum absolute atomic E-state index is 5.04. The molecule has 0 atom stereocenters. The van der Waals surface area contributed by atoms with Crippen LogP contribution < -0.4 is 5.32 Å². The van der Waals surface area contributed by atoms with Gasteiger partial charge >= 0.3 is 0 Å². The molecule has 0 aliphatic carbocycles. The lowest BCUT2D eigenvalue weighted by atomic mass is 10.1. The third-order valence-corrected chi connectivity index (χ3v) is 3.28. The van der Waals surface area contributed by atoms with E-state index in [1.807, 2.05) is 0 Å². The van der Waals surface area contributed by atoms with Gasteiger partial charge in [-0.1, -0.05) is 25.7 Å². The largest absolute Gasteiger partial charge is 0.385 e. The van der Waals surface area contributed by atoms with Crippen molar-refractivity contribution in [2.45, 2.75) is 38.5 Å². The summed E-state index contributed by atoms with van der Waals surface area (Å²) >= 11 is 0. The standard InChI is InChI=1S/C13H28N2O/c1-16-13-7-5-3-2-4-6-10-15-11-8-14-9-12-15/h14H,2-13H2,1H3. The zero-order valence-electron chi connectivity index (χ0n) is 10.8. The van der Waals surface area contributed by atoms with Crippen molar-refractivity contribution >= 4 is 0 Å². The zero-order chi connectivity index (χ0) is 11.5. The van der Waals surface area contributed by atoms with E-state index < -0.39 is 0 Å². The first-order chi connectivity index (χ1) is 7.93. The number of methoxy groups -OCH3 is 1. The minimum absolute atomic E-state index is 0.931. The number of hydrogen-bond acceptors (Lipinski definition) is 3. The van der Waals surface area contributed by atoms with Crippen molar-refractivity contribution in [2.75, 3.05) is 46.4 Å². The lowest BCUT2D eigenvalue weighted by molar-refractivity contribution is 0.191. The van der Waals surface area contributed by atoms with Gasteiger partial charge < -0.3 is 15.0 Å². The summed E-state index contributed by atoms with van der Waals surface area (Å²) in [5.41, 5.74) is 0. The van der Waals surface area contributed by atoms with E-state index in [2.05, 4.69) is 10.2 Å². The lowest BCUT2D eigenvalue weighted by Crippen LogP contribution is -2.43. The molecule has 1 N–H and O–H groups in total. The van der Waals surface area contributed by atoms with Crippen LogP contribution in [0.1, 0.15) is 38.5 Å². The Hall–Kier alpha value is -0.120. The first-order valence-electron chi connectivity index (χ1n) is 6.85. The molecule has 0 unspecified atom stereocenters. The highest BCUT2D eigenvalue weighted by Gasteiger charge is 2.07. The van der Waals surface area contributed by atoms with Crippen LogP contribution in [0.15, 0.2) is 0 Å². The van der Waals surface area contributed by atoms with Crippen LogP contribution in [0, 0.1) is 0 Å². The first kappa shape index (κ1) is 13.9. The van der Waals surface area contributed by atoms with E-state index in [4.69, 9.17) is 4.74 Å². The van der Waals surface area contributed by atoms with Crippen LogP contribution in [0.5, 0.6) is 0 Å². The van der Waals surface area contributed by atoms with Crippen LogP contribution >= 0.6 is 0 Å². The predicted molar refractivity (Wildman–Crippen MR) is 68.9 cm³/mol. The maximum atomic E-state index is 5.04. The fourth-order valence-corrected chi connectivity index (χ4v) is 2.22. The van der Waals surface area contributed by atoms with E-state index in [-0.39, 0.29) is 0 Å². The van der Waals surface area contributed by atoms with Crippen molar-refractivity contribution in [1.82, 2.24) is 10.2 Å². The number of nitrogens with zero attached hydrogens (tertiary/aromatic N) is 1. The third kappa shape index (κ3) is 7.20. The Bertz CT molecular complexity index is 147. The van der Waals surface area contributed by atoms with Crippen LogP contribution in [-0.4, -0.2) is 51.3 Å². The SMILES string of the molecule is COCCCCCCCCN1CCNCC1. The van der Waals surface area contributed by atoms with Crippen molar-refractivity contribution < 1.29 is 4.74 Å². The van der Waals surface area contributed by atoms with Crippen LogP contribution in [0.3, 0.4) is 0 Å². The number of nitrogens with one attached hydrogen (secondary N) is 1. The van der Waals surface area contributed by atoms with Crippen LogP contribution in [0.4, 0.5) is 0 Å². The Morgan fingerprint density at radius 3 is 2.25 bits per heavy atom. The zero-order valence-corrected chi connectivity index (χ0v) is 10.8. The molecule has 1 saturated heterocycles. The van der Waals surface area contributed by atoms with Gasteiger partial charge in [0, 0.05) is 39.9 Å². The van der Waals surface area contributed by atoms with Gasteiger partial charge in [0.25, 0.3) is 0 Å². The Morgan fingerprint density at radius 1 is 0.938 bits per heavy atom. The highest BCUT2D eigenvalue weighted by atomic mass is 16.5. The van der Waals surface area contributed by atoms with Gasteiger partial charge in [-0.05, 0) is 19.4 Å². The number of unbranched alkanes of at least 4 members (excludes halogenated alkanes) is 5. The molecule has 0 saturated carbocycles. The van der Waals surface area contributed by atoms with Crippen LogP contribution in [0.2, 0.25) is 0 Å². The molecule has 0 aromatic heterocycles. The van der Waals surface area contributed by atoms with Crippen LogP contribution in [-0.2, 0) is 4.74 Å². The molecule has 3 heteroatoms.